The molecule has 1 heterocycles. The Morgan fingerprint density at radius 2 is 1.91 bits per heavy atom. The molecule has 0 atom stereocenters. The number of carbonyl (C=O) groups is 2. The van der Waals surface area contributed by atoms with Gasteiger partial charge in [0.15, 0.2) is 0 Å². The van der Waals surface area contributed by atoms with Crippen molar-refractivity contribution in [3.05, 3.63) is 34.7 Å². The fraction of sp³-hybridized carbons (Fsp3) is 0.400. The standard InChI is InChI=1S/C15H19N3O4/c1-17-11-6-3-4-7-12(11)18(15(17)21)10-13(19)16-9-5-8-14(20)22-2/h3-4,6-7H,5,8-10H2,1-2H3,(H,16,19). The maximum absolute atomic E-state index is 12.2. The third kappa shape index (κ3) is 3.36. The van der Waals surface area contributed by atoms with Gasteiger partial charge >= 0.3 is 11.7 Å². The molecule has 0 saturated heterocycles. The van der Waals surface area contributed by atoms with E-state index >= 15 is 0 Å². The van der Waals surface area contributed by atoms with E-state index in [1.54, 1.807) is 13.1 Å². The summed E-state index contributed by atoms with van der Waals surface area (Å²) >= 11 is 0. The van der Waals surface area contributed by atoms with E-state index in [2.05, 4.69) is 10.1 Å². The summed E-state index contributed by atoms with van der Waals surface area (Å²) in [5.74, 6) is -0.567. The summed E-state index contributed by atoms with van der Waals surface area (Å²) in [7, 11) is 3.00. The Kier molecular flexibility index (Phi) is 4.98. The molecule has 0 fully saturated rings. The molecule has 0 aliphatic rings. The van der Waals surface area contributed by atoms with Crippen LogP contribution in [-0.2, 0) is 27.9 Å². The summed E-state index contributed by atoms with van der Waals surface area (Å²) < 4.78 is 7.47. The number of carbonyl (C=O) groups excluding carboxylic acids is 2. The van der Waals surface area contributed by atoms with Gasteiger partial charge in [0, 0.05) is 20.0 Å². The number of fused-ring (bicyclic) bond motifs is 1. The number of para-hydroxylation sites is 2. The van der Waals surface area contributed by atoms with Crippen molar-refractivity contribution in [1.82, 2.24) is 14.5 Å². The molecular weight excluding hydrogens is 286 g/mol. The zero-order valence-electron chi connectivity index (χ0n) is 12.7. The van der Waals surface area contributed by atoms with Crippen LogP contribution in [0.3, 0.4) is 0 Å². The SMILES string of the molecule is COC(=O)CCCNC(=O)Cn1c(=O)n(C)c2ccccc21. The number of hydrogen-bond donors (Lipinski definition) is 1. The Morgan fingerprint density at radius 3 is 2.59 bits per heavy atom. The van der Waals surface area contributed by atoms with Crippen molar-refractivity contribution in [1.29, 1.82) is 0 Å². The van der Waals surface area contributed by atoms with E-state index in [9.17, 15) is 14.4 Å². The fourth-order valence-corrected chi connectivity index (χ4v) is 2.28. The maximum atomic E-state index is 12.2. The molecule has 0 bridgehead atoms. The molecule has 0 spiro atoms. The average molecular weight is 305 g/mol. The van der Waals surface area contributed by atoms with E-state index in [0.717, 1.165) is 11.0 Å². The van der Waals surface area contributed by atoms with Crippen LogP contribution >= 0.6 is 0 Å². The number of hydrogen-bond acceptors (Lipinski definition) is 4. The molecule has 7 heteroatoms. The van der Waals surface area contributed by atoms with Crippen LogP contribution in [0, 0.1) is 0 Å². The van der Waals surface area contributed by atoms with Gasteiger partial charge in [-0.25, -0.2) is 4.79 Å². The molecule has 22 heavy (non-hydrogen) atoms. The smallest absolute Gasteiger partial charge is 0.329 e. The Hall–Kier alpha value is -2.57. The molecule has 1 N–H and O–H groups in total. The van der Waals surface area contributed by atoms with Crippen LogP contribution < -0.4 is 11.0 Å². The summed E-state index contributed by atoms with van der Waals surface area (Å²) in [5.41, 5.74) is 1.27. The van der Waals surface area contributed by atoms with Crippen LogP contribution in [0.2, 0.25) is 0 Å². The zero-order valence-corrected chi connectivity index (χ0v) is 12.7. The normalized spacial score (nSPS) is 10.6. The first-order valence-electron chi connectivity index (χ1n) is 7.02. The Bertz CT molecular complexity index is 745. The molecule has 7 nitrogen and oxygen atoms in total. The van der Waals surface area contributed by atoms with Gasteiger partial charge in [-0.1, -0.05) is 12.1 Å². The summed E-state index contributed by atoms with van der Waals surface area (Å²) in [5, 5.41) is 2.70. The number of esters is 1. The average Bonchev–Trinajstić information content (AvgIpc) is 2.77. The number of rotatable bonds is 6. The number of nitrogens with zero attached hydrogens (tertiary/aromatic N) is 2. The first kappa shape index (κ1) is 15.8. The van der Waals surface area contributed by atoms with E-state index in [1.807, 2.05) is 18.2 Å². The Balaban J connectivity index is 1.99. The van der Waals surface area contributed by atoms with Crippen molar-refractivity contribution < 1.29 is 14.3 Å². The highest BCUT2D eigenvalue weighted by Crippen LogP contribution is 2.10. The van der Waals surface area contributed by atoms with Crippen LogP contribution in [-0.4, -0.2) is 34.7 Å². The van der Waals surface area contributed by atoms with Crippen LogP contribution in [0.1, 0.15) is 12.8 Å². The molecule has 1 aromatic heterocycles. The lowest BCUT2D eigenvalue weighted by Crippen LogP contribution is -2.33. The van der Waals surface area contributed by atoms with E-state index < -0.39 is 0 Å². The Morgan fingerprint density at radius 1 is 1.23 bits per heavy atom. The van der Waals surface area contributed by atoms with E-state index in [1.165, 1.54) is 16.2 Å². The van der Waals surface area contributed by atoms with Gasteiger partial charge in [0.25, 0.3) is 0 Å². The van der Waals surface area contributed by atoms with Crippen LogP contribution in [0.25, 0.3) is 11.0 Å². The van der Waals surface area contributed by atoms with Crippen molar-refractivity contribution in [2.45, 2.75) is 19.4 Å². The first-order chi connectivity index (χ1) is 10.5. The predicted octanol–water partition coefficient (Wildman–Crippen LogP) is 0.409. The number of aryl methyl sites for hydroxylation is 1. The maximum Gasteiger partial charge on any atom is 0.329 e. The van der Waals surface area contributed by atoms with Gasteiger partial charge in [-0.3, -0.25) is 18.7 Å². The highest BCUT2D eigenvalue weighted by molar-refractivity contribution is 5.80. The number of aromatic nitrogens is 2. The molecule has 2 aromatic rings. The first-order valence-corrected chi connectivity index (χ1v) is 7.02. The molecule has 2 rings (SSSR count). The van der Waals surface area contributed by atoms with Gasteiger partial charge < -0.3 is 10.1 Å². The van der Waals surface area contributed by atoms with Gasteiger partial charge in [-0.15, -0.1) is 0 Å². The van der Waals surface area contributed by atoms with Gasteiger partial charge in [0.05, 0.1) is 18.1 Å². The highest BCUT2D eigenvalue weighted by atomic mass is 16.5. The van der Waals surface area contributed by atoms with E-state index in [0.29, 0.717) is 13.0 Å². The number of methoxy groups -OCH3 is 1. The van der Waals surface area contributed by atoms with Gasteiger partial charge in [-0.05, 0) is 18.6 Å². The molecular formula is C15H19N3O4. The molecule has 0 unspecified atom stereocenters. The molecule has 0 radical (unpaired) electrons. The second-order valence-electron chi connectivity index (χ2n) is 4.95. The predicted molar refractivity (Wildman–Crippen MR) is 81.4 cm³/mol. The van der Waals surface area contributed by atoms with Gasteiger partial charge in [0.1, 0.15) is 6.54 Å². The zero-order chi connectivity index (χ0) is 16.1. The molecule has 1 amide bonds. The summed E-state index contributed by atoms with van der Waals surface area (Å²) in [6, 6.07) is 7.31. The van der Waals surface area contributed by atoms with Gasteiger partial charge in [0.2, 0.25) is 5.91 Å². The largest absolute Gasteiger partial charge is 0.469 e. The van der Waals surface area contributed by atoms with Crippen molar-refractivity contribution in [2.75, 3.05) is 13.7 Å². The molecule has 0 aliphatic heterocycles. The topological polar surface area (TPSA) is 82.3 Å². The molecule has 0 aliphatic carbocycles. The summed E-state index contributed by atoms with van der Waals surface area (Å²) in [6.07, 6.45) is 0.758. The van der Waals surface area contributed by atoms with Crippen LogP contribution in [0.15, 0.2) is 29.1 Å². The summed E-state index contributed by atoms with van der Waals surface area (Å²) in [6.45, 7) is 0.325. The molecule has 118 valence electrons. The number of ether oxygens (including phenoxy) is 1. The minimum absolute atomic E-state index is 0.0432. The minimum Gasteiger partial charge on any atom is -0.469 e. The number of nitrogens with one attached hydrogen (secondary N) is 1. The molecule has 0 saturated carbocycles. The van der Waals surface area contributed by atoms with Crippen molar-refractivity contribution in [3.8, 4) is 0 Å². The minimum atomic E-state index is -0.306. The van der Waals surface area contributed by atoms with E-state index in [4.69, 9.17) is 0 Å². The third-order valence-electron chi connectivity index (χ3n) is 3.46. The summed E-state index contributed by atoms with van der Waals surface area (Å²) in [4.78, 5) is 35.1. The van der Waals surface area contributed by atoms with Crippen molar-refractivity contribution in [2.24, 2.45) is 7.05 Å². The number of imidazole rings is 1. The number of benzene rings is 1. The number of amides is 1. The van der Waals surface area contributed by atoms with Crippen molar-refractivity contribution in [3.63, 3.8) is 0 Å². The second-order valence-corrected chi connectivity index (χ2v) is 4.95. The third-order valence-corrected chi connectivity index (χ3v) is 3.46. The van der Waals surface area contributed by atoms with Gasteiger partial charge in [-0.2, -0.15) is 0 Å². The molecule has 1 aromatic carbocycles. The fourth-order valence-electron chi connectivity index (χ4n) is 2.28. The second kappa shape index (κ2) is 6.93. The van der Waals surface area contributed by atoms with Crippen LogP contribution in [0.5, 0.6) is 0 Å². The highest BCUT2D eigenvalue weighted by Gasteiger charge is 2.12. The Labute approximate surface area is 127 Å². The lowest BCUT2D eigenvalue weighted by atomic mass is 10.3. The van der Waals surface area contributed by atoms with Crippen LogP contribution in [0.4, 0.5) is 0 Å². The lowest BCUT2D eigenvalue weighted by Gasteiger charge is -2.06. The van der Waals surface area contributed by atoms with E-state index in [-0.39, 0.29) is 30.5 Å². The van der Waals surface area contributed by atoms with Crippen molar-refractivity contribution >= 4 is 22.9 Å². The quantitative estimate of drug-likeness (QED) is 0.619. The lowest BCUT2D eigenvalue weighted by molar-refractivity contribution is -0.140. The monoisotopic (exact) mass is 305 g/mol.